The van der Waals surface area contributed by atoms with E-state index in [0.29, 0.717) is 24.4 Å². The van der Waals surface area contributed by atoms with Crippen molar-refractivity contribution in [3.63, 3.8) is 0 Å². The van der Waals surface area contributed by atoms with Gasteiger partial charge in [-0.25, -0.2) is 4.39 Å². The minimum atomic E-state index is -0.275. The number of likely N-dealkylation sites (tertiary alicyclic amines) is 1. The largest absolute Gasteiger partial charge is 0.494 e. The smallest absolute Gasteiger partial charge is 0.290 e. The molecule has 2 aromatic carbocycles. The van der Waals surface area contributed by atoms with Crippen molar-refractivity contribution in [1.29, 1.82) is 0 Å². The topological polar surface area (TPSA) is 173 Å². The molecule has 0 radical (unpaired) electrons. The highest BCUT2D eigenvalue weighted by Gasteiger charge is 2.34. The summed E-state index contributed by atoms with van der Waals surface area (Å²) in [6.45, 7) is 25.8. The second kappa shape index (κ2) is 32.3. The van der Waals surface area contributed by atoms with Crippen molar-refractivity contribution in [2.75, 3.05) is 91.6 Å². The molecular weight excluding hydrogens is 883 g/mol. The van der Waals surface area contributed by atoms with Gasteiger partial charge in [-0.15, -0.1) is 9.24 Å². The Kier molecular flexibility index (Phi) is 27.9. The average Bonchev–Trinajstić information content (AvgIpc) is 3.32. The first-order chi connectivity index (χ1) is 32.8. The number of benzene rings is 2. The molecule has 0 aliphatic carbocycles. The van der Waals surface area contributed by atoms with Gasteiger partial charge in [0.25, 0.3) is 6.47 Å². The maximum atomic E-state index is 13.2. The highest BCUT2D eigenvalue weighted by Crippen LogP contribution is 2.30. The number of rotatable bonds is 15. The number of halogens is 1. The van der Waals surface area contributed by atoms with Crippen LogP contribution < -0.4 is 26.6 Å². The first kappa shape index (κ1) is 58.7. The lowest BCUT2D eigenvalue weighted by Gasteiger charge is -2.49. The van der Waals surface area contributed by atoms with Crippen molar-refractivity contribution in [3.8, 4) is 0 Å². The van der Waals surface area contributed by atoms with Crippen molar-refractivity contribution in [3.05, 3.63) is 118 Å². The van der Waals surface area contributed by atoms with Crippen LogP contribution in [0.2, 0.25) is 0 Å². The number of nitrogens with zero attached hydrogens (tertiary/aromatic N) is 5. The van der Waals surface area contributed by atoms with Gasteiger partial charge in [0.2, 0.25) is 5.91 Å². The molecule has 5 N–H and O–H groups in total. The predicted octanol–water partition coefficient (Wildman–Crippen LogP) is 5.76. The van der Waals surface area contributed by atoms with Crippen LogP contribution in [0.25, 0.3) is 0 Å². The Hall–Kier alpha value is -5.47. The number of hydrogen-bond acceptors (Lipinski definition) is 12. The van der Waals surface area contributed by atoms with Gasteiger partial charge in [0.05, 0.1) is 11.6 Å². The van der Waals surface area contributed by atoms with E-state index in [1.807, 2.05) is 32.2 Å². The second-order valence-electron chi connectivity index (χ2n) is 16.6. The predicted molar refractivity (Wildman–Crippen MR) is 279 cm³/mol. The summed E-state index contributed by atoms with van der Waals surface area (Å²) in [6, 6.07) is 12.0. The molecule has 2 unspecified atom stereocenters. The van der Waals surface area contributed by atoms with Crippen molar-refractivity contribution < 1.29 is 33.4 Å². The molecule has 2 atom stereocenters. The summed E-state index contributed by atoms with van der Waals surface area (Å²) in [4.78, 5) is 55.1. The highest BCUT2D eigenvalue weighted by molar-refractivity contribution is 7.28. The number of aryl methyl sites for hydroxylation is 1. The van der Waals surface area contributed by atoms with Crippen LogP contribution in [-0.4, -0.2) is 144 Å². The number of aliphatic imine (C=N–C) groups is 1. The van der Waals surface area contributed by atoms with Crippen molar-refractivity contribution in [1.82, 2.24) is 25.3 Å². The maximum Gasteiger partial charge on any atom is 0.290 e. The van der Waals surface area contributed by atoms with Crippen LogP contribution in [0.3, 0.4) is 0 Å². The first-order valence-corrected chi connectivity index (χ1v) is 24.0. The van der Waals surface area contributed by atoms with Crippen LogP contribution in [-0.2, 0) is 36.8 Å². The van der Waals surface area contributed by atoms with Crippen molar-refractivity contribution in [2.45, 2.75) is 78.2 Å². The highest BCUT2D eigenvalue weighted by atomic mass is 31.0. The van der Waals surface area contributed by atoms with Gasteiger partial charge in [-0.3, -0.25) is 19.5 Å². The first-order valence-electron chi connectivity index (χ1n) is 23.4. The number of nitrogens with one attached hydrogen (secondary N) is 2. The monoisotopic (exact) mass is 961 g/mol. The second-order valence-corrected chi connectivity index (χ2v) is 17.2. The molecule has 14 nitrogen and oxygen atoms in total. The number of nitrogens with two attached hydrogens (primary N) is 1. The summed E-state index contributed by atoms with van der Waals surface area (Å²) < 4.78 is 18.9. The summed E-state index contributed by atoms with van der Waals surface area (Å²) in [5.41, 5.74) is 14.0. The number of carbonyl (C=O) groups excluding carboxylic acids is 3. The molecule has 2 aromatic rings. The van der Waals surface area contributed by atoms with E-state index in [0.717, 1.165) is 131 Å². The van der Waals surface area contributed by atoms with Gasteiger partial charge in [0, 0.05) is 102 Å². The fourth-order valence-electron chi connectivity index (χ4n) is 8.34. The Balaban J connectivity index is 0.000000350. The fourth-order valence-corrected chi connectivity index (χ4v) is 8.81. The van der Waals surface area contributed by atoms with Crippen LogP contribution in [0.15, 0.2) is 100 Å². The minimum absolute atomic E-state index is 0.0342. The van der Waals surface area contributed by atoms with E-state index in [1.165, 1.54) is 35.6 Å². The fraction of sp³-hybridized carbons (Fsp3) is 0.481. The van der Waals surface area contributed by atoms with Gasteiger partial charge in [0.15, 0.2) is 0 Å². The Bertz CT molecular complexity index is 2080. The molecule has 3 saturated heterocycles. The van der Waals surface area contributed by atoms with Gasteiger partial charge < -0.3 is 50.5 Å². The molecule has 4 heterocycles. The number of anilines is 1. The lowest BCUT2D eigenvalue weighted by atomic mass is 9.93. The average molecular weight is 961 g/mol. The summed E-state index contributed by atoms with van der Waals surface area (Å²) in [5.74, 6) is 0.386. The van der Waals surface area contributed by atoms with Crippen molar-refractivity contribution in [2.24, 2.45) is 10.7 Å². The standard InChI is InChI=1S/C20H31N4O2P.C19H27N3O.C11H13FO.CH5N.CH2O2/c1-21-20(26)17(4-3-11-25)15-5-6-18(19(27)12-15)24-13-16(14-24)23-9-7-22(2)8-10-23;1-6-7-18(15(3)19-16(4)23-11-9-21-19)22-10-8-17(12-20-5)14(2)13-22;1-2-3-9-4-5-10(6-7-13)11(12)8-9;1-2;2-1-3/h5-6,11-12,16-17H,3-4,7-10,13-14,27H2,1-2H3,(H,21,26);6-7,12,21H,2,5,8-11,13H2,1,3-4H3;4-5,7-8H,2-3,6H2,1H3;2H2,1H3;1H,(H,2,3)/b;7-6-,17-12-,18-15+;;;. The van der Waals surface area contributed by atoms with E-state index in [2.05, 4.69) is 109 Å². The van der Waals surface area contributed by atoms with Crippen LogP contribution in [0.5, 0.6) is 0 Å². The number of amides is 1. The Morgan fingerprint density at radius 3 is 2.34 bits per heavy atom. The third-order valence-electron chi connectivity index (χ3n) is 12.0. The zero-order chi connectivity index (χ0) is 50.6. The Labute approximate surface area is 407 Å². The lowest BCUT2D eigenvalue weighted by molar-refractivity contribution is -0.123. The number of likely N-dealkylation sites (N-methyl/N-ethyl adjacent to an activating group) is 2. The number of allylic oxidation sites excluding steroid dienone is 4. The van der Waals surface area contributed by atoms with E-state index >= 15 is 0 Å². The lowest BCUT2D eigenvalue weighted by Crippen LogP contribution is -2.63. The van der Waals surface area contributed by atoms with Gasteiger partial charge in [-0.05, 0) is 124 Å². The van der Waals surface area contributed by atoms with Crippen LogP contribution >= 0.6 is 9.24 Å². The zero-order valence-electron chi connectivity index (χ0n) is 41.6. The molecule has 16 heteroatoms. The van der Waals surface area contributed by atoms with E-state index in [9.17, 15) is 18.8 Å². The molecule has 4 aliphatic rings. The Morgan fingerprint density at radius 2 is 1.79 bits per heavy atom. The molecule has 1 amide bonds. The van der Waals surface area contributed by atoms with Crippen LogP contribution in [0.1, 0.15) is 76.0 Å². The van der Waals surface area contributed by atoms with Crippen LogP contribution in [0, 0.1) is 5.82 Å². The number of carboxylic acid groups (broad SMARTS) is 1. The molecule has 0 bridgehead atoms. The summed E-state index contributed by atoms with van der Waals surface area (Å²) in [7, 11) is 8.15. The molecule has 374 valence electrons. The van der Waals surface area contributed by atoms with Gasteiger partial charge in [0.1, 0.15) is 30.8 Å². The third-order valence-corrected chi connectivity index (χ3v) is 12.5. The number of carbonyl (C=O) groups is 4. The minimum Gasteiger partial charge on any atom is -0.494 e. The SMILES string of the molecule is C=N/C=C1/CCN(C(/C=C\C)=C(\C)C2=C(C)OCCN2)CC1=C.CCCc1ccc(CC=O)c(F)c1.CN.CNC(=O)C(CCC=O)c1ccc(N2CC(N3CCN(C)CC3)C2)c(P)c1.O=CO. The number of aldehydes is 2. The zero-order valence-corrected chi connectivity index (χ0v) is 42.7. The van der Waals surface area contributed by atoms with Crippen LogP contribution in [0.4, 0.5) is 10.1 Å². The molecule has 0 saturated carbocycles. The normalized spacial score (nSPS) is 17.7. The van der Waals surface area contributed by atoms with E-state index in [4.69, 9.17) is 14.6 Å². The summed E-state index contributed by atoms with van der Waals surface area (Å²) >= 11 is 0. The third kappa shape index (κ3) is 18.2. The van der Waals surface area contributed by atoms with E-state index < -0.39 is 0 Å². The number of ether oxygens (including phenoxy) is 1. The van der Waals surface area contributed by atoms with Gasteiger partial charge in [-0.1, -0.05) is 44.2 Å². The molecule has 4 aliphatic heterocycles. The van der Waals surface area contributed by atoms with E-state index in [1.54, 1.807) is 13.1 Å². The van der Waals surface area contributed by atoms with E-state index in [-0.39, 0.29) is 30.5 Å². The quantitative estimate of drug-likeness (QED) is 0.0738. The van der Waals surface area contributed by atoms with Gasteiger partial charge >= 0.3 is 0 Å². The number of hydrogen-bond donors (Lipinski definition) is 4. The van der Waals surface area contributed by atoms with Crippen molar-refractivity contribution >= 4 is 51.9 Å². The Morgan fingerprint density at radius 1 is 1.10 bits per heavy atom. The maximum absolute atomic E-state index is 13.2. The molecule has 0 aromatic heterocycles. The molecular formula is C52H78FN8O6P. The molecule has 6 rings (SSSR count). The molecule has 68 heavy (non-hydrogen) atoms. The van der Waals surface area contributed by atoms with Gasteiger partial charge in [-0.2, -0.15) is 0 Å². The number of piperidine rings is 1. The number of piperazine rings is 1. The summed E-state index contributed by atoms with van der Waals surface area (Å²) in [6.07, 6.45) is 11.6. The molecule has 0 spiro atoms. The molecule has 3 fully saturated rings. The summed E-state index contributed by atoms with van der Waals surface area (Å²) in [5, 5.41) is 14.2.